The van der Waals surface area contributed by atoms with Crippen LogP contribution in [-0.4, -0.2) is 39.8 Å². The van der Waals surface area contributed by atoms with Gasteiger partial charge in [-0.25, -0.2) is 0 Å². The molecule has 2 aliphatic rings. The Morgan fingerprint density at radius 2 is 2.03 bits per heavy atom. The maximum atomic E-state index is 13.1. The molecular formula is C27H34N6O3. The first kappa shape index (κ1) is 24.2. The van der Waals surface area contributed by atoms with Crippen LogP contribution in [0.5, 0.6) is 0 Å². The Morgan fingerprint density at radius 1 is 1.19 bits per heavy atom. The largest absolute Gasteiger partial charge is 0.360 e. The molecule has 1 unspecified atom stereocenters. The van der Waals surface area contributed by atoms with Gasteiger partial charge in [0.2, 0.25) is 5.91 Å². The summed E-state index contributed by atoms with van der Waals surface area (Å²) in [4.78, 5) is 25.5. The molecule has 190 valence electrons. The third kappa shape index (κ3) is 6.20. The smallest absolute Gasteiger partial charge is 0.273 e. The fourth-order valence-corrected chi connectivity index (χ4v) is 4.81. The van der Waals surface area contributed by atoms with Gasteiger partial charge in [-0.05, 0) is 68.3 Å². The summed E-state index contributed by atoms with van der Waals surface area (Å²) >= 11 is 0. The van der Waals surface area contributed by atoms with Gasteiger partial charge in [0.05, 0.1) is 12.2 Å². The van der Waals surface area contributed by atoms with Crippen LogP contribution in [0.3, 0.4) is 0 Å². The van der Waals surface area contributed by atoms with Gasteiger partial charge < -0.3 is 20.5 Å². The van der Waals surface area contributed by atoms with Gasteiger partial charge in [0, 0.05) is 37.7 Å². The molecule has 2 aromatic heterocycles. The number of hydrogen-bond acceptors (Lipinski definition) is 6. The van der Waals surface area contributed by atoms with Crippen molar-refractivity contribution >= 4 is 11.8 Å². The van der Waals surface area contributed by atoms with Crippen molar-refractivity contribution in [2.45, 2.75) is 64.1 Å². The molecule has 3 aromatic rings. The standard InChI is InChI=1S/C27H34N6O3/c1-18-15-30-33(17-18)12-9-25(34)29-16-19-3-2-4-22(13-19)26(21-7-10-28-11-8-21)31-27(35)23-14-24(36-32-23)20-5-6-20/h2-4,13-15,17,20-21,26,28H,5-12,16H2,1H3,(H,29,34)(H,31,35). The van der Waals surface area contributed by atoms with Crippen LogP contribution < -0.4 is 16.0 Å². The average Bonchev–Trinajstić information content (AvgIpc) is 3.48. The zero-order chi connectivity index (χ0) is 24.9. The molecule has 2 amide bonds. The number of piperidine rings is 1. The van der Waals surface area contributed by atoms with Gasteiger partial charge >= 0.3 is 0 Å². The van der Waals surface area contributed by atoms with Gasteiger partial charge in [-0.1, -0.05) is 29.4 Å². The lowest BCUT2D eigenvalue weighted by atomic mass is 9.85. The molecule has 9 heteroatoms. The van der Waals surface area contributed by atoms with Crippen molar-refractivity contribution in [1.29, 1.82) is 0 Å². The van der Waals surface area contributed by atoms with E-state index in [0.29, 0.717) is 37.0 Å². The van der Waals surface area contributed by atoms with Crippen LogP contribution in [0, 0.1) is 12.8 Å². The Hall–Kier alpha value is -3.46. The van der Waals surface area contributed by atoms with Crippen molar-refractivity contribution in [2.75, 3.05) is 13.1 Å². The van der Waals surface area contributed by atoms with Gasteiger partial charge in [-0.2, -0.15) is 5.10 Å². The summed E-state index contributed by atoms with van der Waals surface area (Å²) in [5.74, 6) is 1.30. The highest BCUT2D eigenvalue weighted by atomic mass is 16.5. The van der Waals surface area contributed by atoms with E-state index in [4.69, 9.17) is 4.52 Å². The molecule has 3 heterocycles. The summed E-state index contributed by atoms with van der Waals surface area (Å²) in [6, 6.07) is 9.77. The van der Waals surface area contributed by atoms with Gasteiger partial charge in [-0.3, -0.25) is 14.3 Å². The number of benzene rings is 1. The predicted octanol–water partition coefficient (Wildman–Crippen LogP) is 3.23. The molecule has 1 aliphatic carbocycles. The molecular weight excluding hydrogens is 456 g/mol. The molecule has 0 spiro atoms. The monoisotopic (exact) mass is 490 g/mol. The van der Waals surface area contributed by atoms with E-state index in [1.807, 2.05) is 25.3 Å². The molecule has 2 fully saturated rings. The first-order valence-electron chi connectivity index (χ1n) is 12.9. The lowest BCUT2D eigenvalue weighted by Crippen LogP contribution is -2.39. The van der Waals surface area contributed by atoms with E-state index in [1.54, 1.807) is 16.9 Å². The van der Waals surface area contributed by atoms with Crippen molar-refractivity contribution in [2.24, 2.45) is 5.92 Å². The van der Waals surface area contributed by atoms with Crippen molar-refractivity contribution < 1.29 is 14.1 Å². The number of carbonyl (C=O) groups excluding carboxylic acids is 2. The summed E-state index contributed by atoms with van der Waals surface area (Å²) in [6.07, 6.45) is 8.23. The second-order valence-corrected chi connectivity index (χ2v) is 9.98. The second kappa shape index (κ2) is 11.1. The number of aromatic nitrogens is 3. The van der Waals surface area contributed by atoms with E-state index in [9.17, 15) is 9.59 Å². The Labute approximate surface area is 211 Å². The number of rotatable bonds is 10. The Kier molecular flexibility index (Phi) is 7.46. The number of hydrogen-bond donors (Lipinski definition) is 3. The normalized spacial score (nSPS) is 17.0. The highest BCUT2D eigenvalue weighted by molar-refractivity contribution is 5.92. The van der Waals surface area contributed by atoms with Crippen LogP contribution in [-0.2, 0) is 17.9 Å². The summed E-state index contributed by atoms with van der Waals surface area (Å²) in [6.45, 7) is 4.82. The summed E-state index contributed by atoms with van der Waals surface area (Å²) in [5.41, 5.74) is 3.46. The van der Waals surface area contributed by atoms with Gasteiger partial charge in [-0.15, -0.1) is 0 Å². The van der Waals surface area contributed by atoms with E-state index in [0.717, 1.165) is 61.2 Å². The van der Waals surface area contributed by atoms with E-state index in [-0.39, 0.29) is 17.9 Å². The average molecular weight is 491 g/mol. The fourth-order valence-electron chi connectivity index (χ4n) is 4.81. The van der Waals surface area contributed by atoms with Gasteiger partial charge in [0.1, 0.15) is 5.76 Å². The molecule has 5 rings (SSSR count). The lowest BCUT2D eigenvalue weighted by molar-refractivity contribution is -0.121. The van der Waals surface area contributed by atoms with Crippen LogP contribution in [0.15, 0.2) is 47.2 Å². The number of aryl methyl sites for hydroxylation is 2. The Bertz CT molecular complexity index is 1190. The molecule has 1 atom stereocenters. The van der Waals surface area contributed by atoms with E-state index in [2.05, 4.69) is 38.3 Å². The zero-order valence-electron chi connectivity index (χ0n) is 20.7. The fraction of sp³-hybridized carbons (Fsp3) is 0.481. The number of nitrogens with zero attached hydrogens (tertiary/aromatic N) is 3. The quantitative estimate of drug-likeness (QED) is 0.402. The molecule has 1 saturated heterocycles. The second-order valence-electron chi connectivity index (χ2n) is 9.98. The molecule has 1 aliphatic heterocycles. The highest BCUT2D eigenvalue weighted by Crippen LogP contribution is 2.40. The zero-order valence-corrected chi connectivity index (χ0v) is 20.7. The first-order chi connectivity index (χ1) is 17.5. The van der Waals surface area contributed by atoms with Crippen LogP contribution in [0.25, 0.3) is 0 Å². The van der Waals surface area contributed by atoms with Crippen molar-refractivity contribution in [3.05, 3.63) is 70.9 Å². The summed E-state index contributed by atoms with van der Waals surface area (Å²) < 4.78 is 7.18. The minimum Gasteiger partial charge on any atom is -0.360 e. The number of nitrogens with one attached hydrogen (secondary N) is 3. The molecule has 0 bridgehead atoms. The number of amides is 2. The molecule has 0 radical (unpaired) electrons. The van der Waals surface area contributed by atoms with Crippen LogP contribution in [0.4, 0.5) is 0 Å². The molecule has 3 N–H and O–H groups in total. The first-order valence-corrected chi connectivity index (χ1v) is 12.9. The van der Waals surface area contributed by atoms with Crippen LogP contribution in [0.2, 0.25) is 0 Å². The molecule has 9 nitrogen and oxygen atoms in total. The predicted molar refractivity (Wildman–Crippen MR) is 134 cm³/mol. The highest BCUT2D eigenvalue weighted by Gasteiger charge is 2.31. The van der Waals surface area contributed by atoms with Crippen LogP contribution in [0.1, 0.15) is 77.0 Å². The van der Waals surface area contributed by atoms with E-state index >= 15 is 0 Å². The van der Waals surface area contributed by atoms with Gasteiger partial charge in [0.25, 0.3) is 5.91 Å². The van der Waals surface area contributed by atoms with E-state index < -0.39 is 0 Å². The minimum atomic E-state index is -0.207. The third-order valence-electron chi connectivity index (χ3n) is 7.01. The Morgan fingerprint density at radius 3 is 2.78 bits per heavy atom. The molecule has 1 aromatic carbocycles. The topological polar surface area (TPSA) is 114 Å². The number of carbonyl (C=O) groups is 2. The van der Waals surface area contributed by atoms with Crippen molar-refractivity contribution in [1.82, 2.24) is 30.9 Å². The van der Waals surface area contributed by atoms with Gasteiger partial charge in [0.15, 0.2) is 5.69 Å². The summed E-state index contributed by atoms with van der Waals surface area (Å²) in [5, 5.41) is 17.9. The molecule has 1 saturated carbocycles. The maximum absolute atomic E-state index is 13.1. The maximum Gasteiger partial charge on any atom is 0.273 e. The molecule has 36 heavy (non-hydrogen) atoms. The van der Waals surface area contributed by atoms with Crippen molar-refractivity contribution in [3.63, 3.8) is 0 Å². The van der Waals surface area contributed by atoms with E-state index in [1.165, 1.54) is 0 Å². The van der Waals surface area contributed by atoms with Crippen molar-refractivity contribution in [3.8, 4) is 0 Å². The SMILES string of the molecule is Cc1cnn(CCC(=O)NCc2cccc(C(NC(=O)c3cc(C4CC4)on3)C3CCNCC3)c2)c1. The lowest BCUT2D eigenvalue weighted by Gasteiger charge is -2.31. The summed E-state index contributed by atoms with van der Waals surface area (Å²) in [7, 11) is 0. The van der Waals surface area contributed by atoms with Crippen LogP contribution >= 0.6 is 0 Å². The third-order valence-corrected chi connectivity index (χ3v) is 7.01. The Balaban J connectivity index is 1.23. The minimum absolute atomic E-state index is 0.0192.